The number of rotatable bonds is 6. The van der Waals surface area contributed by atoms with Crippen molar-refractivity contribution in [1.82, 2.24) is 0 Å². The first-order valence-corrected chi connectivity index (χ1v) is 7.05. The molecule has 1 aromatic carbocycles. The lowest BCUT2D eigenvalue weighted by Gasteiger charge is -2.09. The highest BCUT2D eigenvalue weighted by molar-refractivity contribution is 8.00. The summed E-state index contributed by atoms with van der Waals surface area (Å²) in [5.74, 6) is 0.351. The number of hydrogen-bond acceptors (Lipinski definition) is 3. The first-order valence-electron chi connectivity index (χ1n) is 5.25. The van der Waals surface area contributed by atoms with E-state index in [-0.39, 0.29) is 17.6 Å². The fraction of sp³-hybridized carbons (Fsp3) is 0.417. The van der Waals surface area contributed by atoms with E-state index in [1.165, 1.54) is 11.8 Å². The lowest BCUT2D eigenvalue weighted by molar-refractivity contribution is 0.102. The monoisotopic (exact) mass is 292 g/mol. The molecule has 0 spiro atoms. The van der Waals surface area contributed by atoms with E-state index in [0.717, 1.165) is 0 Å². The van der Waals surface area contributed by atoms with E-state index >= 15 is 0 Å². The van der Waals surface area contributed by atoms with Crippen LogP contribution in [-0.2, 0) is 0 Å². The molecule has 94 valence electrons. The molecule has 0 radical (unpaired) electrons. The summed E-state index contributed by atoms with van der Waals surface area (Å²) in [6, 6.07) is 4.87. The highest BCUT2D eigenvalue weighted by Gasteiger charge is 2.12. The van der Waals surface area contributed by atoms with Gasteiger partial charge in [-0.25, -0.2) is 0 Å². The number of carbonyl (C=O) groups is 1. The van der Waals surface area contributed by atoms with Crippen LogP contribution in [0.25, 0.3) is 0 Å². The number of hydrogen-bond donors (Lipinski definition) is 1. The second kappa shape index (κ2) is 7.27. The SMILES string of the molecule is CC(CCO)SCC(=O)c1ccc(Cl)cc1Cl. The molecule has 1 N–H and O–H groups in total. The smallest absolute Gasteiger partial charge is 0.174 e. The Bertz CT molecular complexity index is 396. The van der Waals surface area contributed by atoms with Gasteiger partial charge in [-0.15, -0.1) is 0 Å². The van der Waals surface area contributed by atoms with Crippen LogP contribution in [0.1, 0.15) is 23.7 Å². The summed E-state index contributed by atoms with van der Waals surface area (Å²) < 4.78 is 0. The molecule has 0 fully saturated rings. The van der Waals surface area contributed by atoms with Gasteiger partial charge in [0.1, 0.15) is 0 Å². The summed E-state index contributed by atoms with van der Waals surface area (Å²) >= 11 is 13.2. The molecule has 0 bridgehead atoms. The minimum absolute atomic E-state index is 0.0125. The second-order valence-electron chi connectivity index (χ2n) is 3.68. The van der Waals surface area contributed by atoms with Crippen LogP contribution in [0.15, 0.2) is 18.2 Å². The molecule has 0 heterocycles. The van der Waals surface area contributed by atoms with Crippen molar-refractivity contribution in [3.63, 3.8) is 0 Å². The predicted octanol–water partition coefficient (Wildman–Crippen LogP) is 3.68. The third kappa shape index (κ3) is 4.88. The molecular weight excluding hydrogens is 279 g/mol. The van der Waals surface area contributed by atoms with Gasteiger partial charge in [0.25, 0.3) is 0 Å². The van der Waals surface area contributed by atoms with Crippen LogP contribution in [0.4, 0.5) is 0 Å². The molecule has 5 heteroatoms. The maximum absolute atomic E-state index is 11.9. The number of carbonyl (C=O) groups excluding carboxylic acids is 1. The maximum atomic E-state index is 11.9. The van der Waals surface area contributed by atoms with E-state index in [2.05, 4.69) is 0 Å². The van der Waals surface area contributed by atoms with E-state index in [1.807, 2.05) is 6.92 Å². The van der Waals surface area contributed by atoms with Crippen LogP contribution >= 0.6 is 35.0 Å². The van der Waals surface area contributed by atoms with E-state index in [0.29, 0.717) is 27.8 Å². The molecular formula is C12H14Cl2O2S. The van der Waals surface area contributed by atoms with Gasteiger partial charge >= 0.3 is 0 Å². The van der Waals surface area contributed by atoms with Crippen LogP contribution in [0, 0.1) is 0 Å². The molecule has 1 atom stereocenters. The zero-order chi connectivity index (χ0) is 12.8. The minimum atomic E-state index is -0.0125. The van der Waals surface area contributed by atoms with E-state index in [1.54, 1.807) is 18.2 Å². The average Bonchev–Trinajstić information content (AvgIpc) is 2.26. The average molecular weight is 293 g/mol. The summed E-state index contributed by atoms with van der Waals surface area (Å²) in [5, 5.41) is 9.93. The number of aliphatic hydroxyl groups is 1. The molecule has 2 nitrogen and oxygen atoms in total. The van der Waals surface area contributed by atoms with Crippen LogP contribution in [0.2, 0.25) is 10.0 Å². The van der Waals surface area contributed by atoms with Gasteiger partial charge < -0.3 is 5.11 Å². The Morgan fingerprint density at radius 2 is 2.18 bits per heavy atom. The largest absolute Gasteiger partial charge is 0.396 e. The number of Topliss-reactive ketones (excluding diaryl/α,β-unsaturated/α-hetero) is 1. The Hall–Kier alpha value is -0.220. The highest BCUT2D eigenvalue weighted by atomic mass is 35.5. The Kier molecular flexibility index (Phi) is 6.34. The van der Waals surface area contributed by atoms with Gasteiger partial charge in [0.2, 0.25) is 0 Å². The van der Waals surface area contributed by atoms with Crippen molar-refractivity contribution in [2.24, 2.45) is 0 Å². The van der Waals surface area contributed by atoms with Crippen molar-refractivity contribution in [2.75, 3.05) is 12.4 Å². The highest BCUT2D eigenvalue weighted by Crippen LogP contribution is 2.23. The van der Waals surface area contributed by atoms with Gasteiger partial charge in [0, 0.05) is 22.4 Å². The van der Waals surface area contributed by atoms with Gasteiger partial charge in [0.15, 0.2) is 5.78 Å². The molecule has 0 aromatic heterocycles. The van der Waals surface area contributed by atoms with Crippen molar-refractivity contribution >= 4 is 40.7 Å². The van der Waals surface area contributed by atoms with Crippen molar-refractivity contribution in [3.05, 3.63) is 33.8 Å². The third-order valence-electron chi connectivity index (χ3n) is 2.27. The van der Waals surface area contributed by atoms with Crippen molar-refractivity contribution in [1.29, 1.82) is 0 Å². The molecule has 1 aromatic rings. The fourth-order valence-electron chi connectivity index (χ4n) is 1.28. The molecule has 0 aliphatic rings. The van der Waals surface area contributed by atoms with Crippen molar-refractivity contribution in [3.8, 4) is 0 Å². The predicted molar refractivity (Wildman–Crippen MR) is 74.4 cm³/mol. The molecule has 0 aliphatic heterocycles. The third-order valence-corrected chi connectivity index (χ3v) is 4.05. The van der Waals surface area contributed by atoms with E-state index in [4.69, 9.17) is 28.3 Å². The van der Waals surface area contributed by atoms with Crippen molar-refractivity contribution in [2.45, 2.75) is 18.6 Å². The summed E-state index contributed by atoms with van der Waals surface area (Å²) in [6.07, 6.45) is 0.687. The van der Waals surface area contributed by atoms with Crippen LogP contribution in [0.3, 0.4) is 0 Å². The Morgan fingerprint density at radius 1 is 1.47 bits per heavy atom. The Morgan fingerprint density at radius 3 is 2.76 bits per heavy atom. The standard InChI is InChI=1S/C12H14Cl2O2S/c1-8(4-5-15)17-7-12(16)10-3-2-9(13)6-11(10)14/h2-3,6,8,15H,4-5,7H2,1H3. The zero-order valence-corrected chi connectivity index (χ0v) is 11.8. The number of halogens is 2. The normalized spacial score (nSPS) is 12.5. The maximum Gasteiger partial charge on any atom is 0.174 e. The van der Waals surface area contributed by atoms with Gasteiger partial charge in [-0.1, -0.05) is 30.1 Å². The quantitative estimate of drug-likeness (QED) is 0.813. The van der Waals surface area contributed by atoms with Crippen LogP contribution < -0.4 is 0 Å². The van der Waals surface area contributed by atoms with Gasteiger partial charge in [-0.2, -0.15) is 11.8 Å². The summed E-state index contributed by atoms with van der Waals surface area (Å²) in [4.78, 5) is 11.9. The van der Waals surface area contributed by atoms with Crippen LogP contribution in [-0.4, -0.2) is 28.5 Å². The number of thioether (sulfide) groups is 1. The molecule has 0 saturated heterocycles. The lowest BCUT2D eigenvalue weighted by atomic mass is 10.1. The van der Waals surface area contributed by atoms with Crippen molar-refractivity contribution < 1.29 is 9.90 Å². The first-order chi connectivity index (χ1) is 8.04. The van der Waals surface area contributed by atoms with Gasteiger partial charge in [0.05, 0.1) is 10.8 Å². The van der Waals surface area contributed by atoms with E-state index in [9.17, 15) is 4.79 Å². The second-order valence-corrected chi connectivity index (χ2v) is 5.95. The summed E-state index contributed by atoms with van der Waals surface area (Å²) in [6.45, 7) is 2.13. The molecule has 0 aliphatic carbocycles. The summed E-state index contributed by atoms with van der Waals surface area (Å²) in [7, 11) is 0. The molecule has 17 heavy (non-hydrogen) atoms. The first kappa shape index (κ1) is 14.8. The molecule has 0 saturated carbocycles. The number of aliphatic hydroxyl groups excluding tert-OH is 1. The van der Waals surface area contributed by atoms with E-state index < -0.39 is 0 Å². The zero-order valence-electron chi connectivity index (χ0n) is 9.45. The molecule has 0 amide bonds. The van der Waals surface area contributed by atoms with Gasteiger partial charge in [-0.05, 0) is 24.6 Å². The molecule has 1 unspecified atom stereocenters. The van der Waals surface area contributed by atoms with Gasteiger partial charge in [-0.3, -0.25) is 4.79 Å². The fourth-order valence-corrected chi connectivity index (χ4v) is 2.65. The number of benzene rings is 1. The topological polar surface area (TPSA) is 37.3 Å². The molecule has 1 rings (SSSR count). The van der Waals surface area contributed by atoms with Crippen LogP contribution in [0.5, 0.6) is 0 Å². The Balaban J connectivity index is 2.58. The number of ketones is 1. The lowest BCUT2D eigenvalue weighted by Crippen LogP contribution is -2.08. The summed E-state index contributed by atoms with van der Waals surface area (Å²) in [5.41, 5.74) is 0.500. The minimum Gasteiger partial charge on any atom is -0.396 e. The Labute approximate surface area is 115 Å².